The fourth-order valence-corrected chi connectivity index (χ4v) is 3.48. The lowest BCUT2D eigenvalue weighted by Gasteiger charge is -2.32. The van der Waals surface area contributed by atoms with Gasteiger partial charge in [0.1, 0.15) is 11.6 Å². The van der Waals surface area contributed by atoms with Crippen LogP contribution < -0.4 is 10.0 Å². The maximum atomic E-state index is 12.3. The van der Waals surface area contributed by atoms with Crippen LogP contribution in [0.5, 0.6) is 0 Å². The van der Waals surface area contributed by atoms with Gasteiger partial charge in [0.25, 0.3) is 0 Å². The van der Waals surface area contributed by atoms with Crippen LogP contribution in [0.15, 0.2) is 24.3 Å². The summed E-state index contributed by atoms with van der Waals surface area (Å²) in [5.41, 5.74) is 0.967. The Morgan fingerprint density at radius 3 is 2.58 bits per heavy atom. The average Bonchev–Trinajstić information content (AvgIpc) is 2.44. The summed E-state index contributed by atoms with van der Waals surface area (Å²) in [4.78, 5) is 12.3. The summed E-state index contributed by atoms with van der Waals surface area (Å²) in [5, 5.41) is 3.20. The molecule has 0 aromatic heterocycles. The van der Waals surface area contributed by atoms with Crippen molar-refractivity contribution in [2.45, 2.75) is 51.2 Å². The Morgan fingerprint density at radius 2 is 1.96 bits per heavy atom. The predicted octanol–water partition coefficient (Wildman–Crippen LogP) is 2.24. The third kappa shape index (κ3) is 5.49. The van der Waals surface area contributed by atoms with Crippen molar-refractivity contribution >= 4 is 21.7 Å². The maximum absolute atomic E-state index is 12.3. The molecule has 1 aliphatic rings. The normalized spacial score (nSPS) is 22.0. The van der Waals surface area contributed by atoms with E-state index in [0.717, 1.165) is 18.2 Å². The third-order valence-electron chi connectivity index (χ3n) is 3.79. The Kier molecular flexibility index (Phi) is 5.55. The van der Waals surface area contributed by atoms with Crippen molar-refractivity contribution in [3.63, 3.8) is 0 Å². The molecule has 1 heterocycles. The maximum Gasteiger partial charge on any atom is 0.323 e. The first-order valence-electron chi connectivity index (χ1n) is 8.08. The number of carbonyl (C=O) groups is 1. The largest absolute Gasteiger partial charge is 0.459 e. The van der Waals surface area contributed by atoms with Gasteiger partial charge in [-0.1, -0.05) is 18.2 Å². The molecule has 24 heavy (non-hydrogen) atoms. The van der Waals surface area contributed by atoms with Crippen LogP contribution in [-0.2, 0) is 19.6 Å². The average molecular weight is 354 g/mol. The predicted molar refractivity (Wildman–Crippen MR) is 94.5 cm³/mol. The number of piperidine rings is 1. The minimum absolute atomic E-state index is 0.0919. The highest BCUT2D eigenvalue weighted by molar-refractivity contribution is 7.92. The summed E-state index contributed by atoms with van der Waals surface area (Å²) in [6, 6.07) is 6.96. The number of sulfonamides is 1. The molecular weight excluding hydrogens is 328 g/mol. The van der Waals surface area contributed by atoms with E-state index in [0.29, 0.717) is 18.7 Å². The summed E-state index contributed by atoms with van der Waals surface area (Å²) in [7, 11) is -3.35. The number of para-hydroxylation sites is 1. The van der Waals surface area contributed by atoms with E-state index in [1.807, 2.05) is 32.9 Å². The SMILES string of the molecule is CC(C)(C)OC(=O)C1CC(c2ccccc2NS(C)(=O)=O)CCN1. The Labute approximate surface area is 144 Å². The molecule has 0 saturated carbocycles. The minimum atomic E-state index is -3.35. The van der Waals surface area contributed by atoms with Crippen molar-refractivity contribution in [1.82, 2.24) is 5.32 Å². The zero-order chi connectivity index (χ0) is 18.0. The van der Waals surface area contributed by atoms with Crippen molar-refractivity contribution < 1.29 is 17.9 Å². The number of anilines is 1. The summed E-state index contributed by atoms with van der Waals surface area (Å²) >= 11 is 0. The molecule has 1 aromatic rings. The van der Waals surface area contributed by atoms with Gasteiger partial charge in [-0.25, -0.2) is 8.42 Å². The number of ether oxygens (including phenoxy) is 1. The van der Waals surface area contributed by atoms with Crippen molar-refractivity contribution in [3.8, 4) is 0 Å². The van der Waals surface area contributed by atoms with Crippen LogP contribution in [0, 0.1) is 0 Å². The van der Waals surface area contributed by atoms with E-state index in [-0.39, 0.29) is 17.9 Å². The Bertz CT molecular complexity index is 695. The molecule has 0 radical (unpaired) electrons. The van der Waals surface area contributed by atoms with Gasteiger partial charge < -0.3 is 10.1 Å². The van der Waals surface area contributed by atoms with Crippen LogP contribution >= 0.6 is 0 Å². The lowest BCUT2D eigenvalue weighted by Crippen LogP contribution is -2.45. The molecule has 2 atom stereocenters. The van der Waals surface area contributed by atoms with Gasteiger partial charge >= 0.3 is 5.97 Å². The van der Waals surface area contributed by atoms with E-state index < -0.39 is 15.6 Å². The zero-order valence-electron chi connectivity index (χ0n) is 14.6. The summed E-state index contributed by atoms with van der Waals surface area (Å²) in [6.07, 6.45) is 2.55. The van der Waals surface area contributed by atoms with Crippen LogP contribution in [-0.4, -0.2) is 38.8 Å². The summed E-state index contributed by atoms with van der Waals surface area (Å²) < 4.78 is 31.2. The molecule has 134 valence electrons. The number of nitrogens with one attached hydrogen (secondary N) is 2. The smallest absolute Gasteiger partial charge is 0.323 e. The van der Waals surface area contributed by atoms with Crippen molar-refractivity contribution in [2.24, 2.45) is 0 Å². The monoisotopic (exact) mass is 354 g/mol. The highest BCUT2D eigenvalue weighted by atomic mass is 32.2. The van der Waals surface area contributed by atoms with E-state index in [9.17, 15) is 13.2 Å². The lowest BCUT2D eigenvalue weighted by atomic mass is 9.85. The van der Waals surface area contributed by atoms with Crippen LogP contribution in [0.1, 0.15) is 45.1 Å². The number of rotatable bonds is 4. The number of carbonyl (C=O) groups excluding carboxylic acids is 1. The van der Waals surface area contributed by atoms with Crippen LogP contribution in [0.2, 0.25) is 0 Å². The quantitative estimate of drug-likeness (QED) is 0.810. The van der Waals surface area contributed by atoms with E-state index in [1.54, 1.807) is 12.1 Å². The first kappa shape index (κ1) is 18.7. The molecule has 0 aliphatic carbocycles. The van der Waals surface area contributed by atoms with Gasteiger partial charge in [-0.3, -0.25) is 9.52 Å². The number of esters is 1. The Balaban J connectivity index is 2.17. The van der Waals surface area contributed by atoms with Gasteiger partial charge in [-0.2, -0.15) is 0 Å². The van der Waals surface area contributed by atoms with Crippen molar-refractivity contribution in [3.05, 3.63) is 29.8 Å². The van der Waals surface area contributed by atoms with Crippen LogP contribution in [0.3, 0.4) is 0 Å². The van der Waals surface area contributed by atoms with Crippen LogP contribution in [0.25, 0.3) is 0 Å². The molecule has 6 nitrogen and oxygen atoms in total. The highest BCUT2D eigenvalue weighted by Crippen LogP contribution is 2.33. The van der Waals surface area contributed by atoms with Crippen molar-refractivity contribution in [1.29, 1.82) is 0 Å². The number of benzene rings is 1. The fraction of sp³-hybridized carbons (Fsp3) is 0.588. The van der Waals surface area contributed by atoms with E-state index >= 15 is 0 Å². The highest BCUT2D eigenvalue weighted by Gasteiger charge is 2.32. The molecule has 2 N–H and O–H groups in total. The molecule has 1 saturated heterocycles. The molecule has 1 fully saturated rings. The Morgan fingerprint density at radius 1 is 1.29 bits per heavy atom. The Hall–Kier alpha value is -1.60. The fourth-order valence-electron chi connectivity index (χ4n) is 2.90. The van der Waals surface area contributed by atoms with Crippen molar-refractivity contribution in [2.75, 3.05) is 17.5 Å². The van der Waals surface area contributed by atoms with E-state index in [2.05, 4.69) is 10.0 Å². The van der Waals surface area contributed by atoms with Gasteiger partial charge in [0, 0.05) is 0 Å². The second-order valence-corrected chi connectivity index (χ2v) is 8.97. The van der Waals surface area contributed by atoms with E-state index in [4.69, 9.17) is 4.74 Å². The van der Waals surface area contributed by atoms with Gasteiger partial charge in [-0.15, -0.1) is 0 Å². The number of hydrogen-bond donors (Lipinski definition) is 2. The molecule has 0 amide bonds. The molecule has 2 rings (SSSR count). The lowest BCUT2D eigenvalue weighted by molar-refractivity contribution is -0.158. The first-order valence-corrected chi connectivity index (χ1v) is 9.97. The summed E-state index contributed by atoms with van der Waals surface area (Å²) in [5.74, 6) is -0.171. The van der Waals surface area contributed by atoms with Crippen LogP contribution in [0.4, 0.5) is 5.69 Å². The first-order chi connectivity index (χ1) is 11.1. The third-order valence-corrected chi connectivity index (χ3v) is 4.38. The van der Waals surface area contributed by atoms with Gasteiger partial charge in [-0.05, 0) is 57.7 Å². The second kappa shape index (κ2) is 7.11. The van der Waals surface area contributed by atoms with Gasteiger partial charge in [0.15, 0.2) is 0 Å². The summed E-state index contributed by atoms with van der Waals surface area (Å²) in [6.45, 7) is 6.21. The van der Waals surface area contributed by atoms with Gasteiger partial charge in [0.05, 0.1) is 11.9 Å². The molecule has 1 aromatic carbocycles. The number of hydrogen-bond acceptors (Lipinski definition) is 5. The molecule has 2 unspecified atom stereocenters. The molecule has 7 heteroatoms. The zero-order valence-corrected chi connectivity index (χ0v) is 15.4. The molecule has 0 spiro atoms. The second-order valence-electron chi connectivity index (χ2n) is 7.22. The van der Waals surface area contributed by atoms with E-state index in [1.165, 1.54) is 0 Å². The molecule has 1 aliphatic heterocycles. The standard InChI is InChI=1S/C17H26N2O4S/c1-17(2,3)23-16(20)15-11-12(9-10-18-15)13-7-5-6-8-14(13)19-24(4,21)22/h5-8,12,15,18-19H,9-11H2,1-4H3. The minimum Gasteiger partial charge on any atom is -0.459 e. The van der Waals surface area contributed by atoms with Gasteiger partial charge in [0.2, 0.25) is 10.0 Å². The topological polar surface area (TPSA) is 84.5 Å². The molecular formula is C17H26N2O4S. The molecule has 0 bridgehead atoms.